The van der Waals surface area contributed by atoms with Crippen molar-refractivity contribution in [3.05, 3.63) is 59.7 Å². The van der Waals surface area contributed by atoms with E-state index in [9.17, 15) is 15.0 Å². The van der Waals surface area contributed by atoms with Crippen LogP contribution in [0.2, 0.25) is 0 Å². The first kappa shape index (κ1) is 19.7. The second kappa shape index (κ2) is 8.19. The van der Waals surface area contributed by atoms with Crippen molar-refractivity contribution < 1.29 is 15.0 Å². The molecule has 0 aliphatic carbocycles. The topological polar surface area (TPSA) is 82.2 Å². The van der Waals surface area contributed by atoms with Crippen molar-refractivity contribution >= 4 is 78.5 Å². The molecule has 5 nitrogen and oxygen atoms in total. The Bertz CT molecular complexity index is 989. The van der Waals surface area contributed by atoms with Crippen LogP contribution in [0.25, 0.3) is 10.8 Å². The Kier molecular flexibility index (Phi) is 6.46. The number of hydrogen-bond donors (Lipinski definition) is 3. The van der Waals surface area contributed by atoms with Gasteiger partial charge in [0, 0.05) is 10.3 Å². The van der Waals surface area contributed by atoms with Crippen LogP contribution in [0.1, 0.15) is 15.9 Å². The van der Waals surface area contributed by atoms with Crippen molar-refractivity contribution in [2.45, 2.75) is 11.8 Å². The van der Waals surface area contributed by atoms with Crippen LogP contribution in [0, 0.1) is 6.92 Å². The molecule has 0 unspecified atom stereocenters. The van der Waals surface area contributed by atoms with Gasteiger partial charge in [-0.05, 0) is 36.1 Å². The number of fused-ring (bicyclic) bond motifs is 1. The van der Waals surface area contributed by atoms with Crippen LogP contribution in [0.5, 0.6) is 5.75 Å². The summed E-state index contributed by atoms with van der Waals surface area (Å²) in [5.41, 5.74) is 1.49. The predicted octanol–water partition coefficient (Wildman–Crippen LogP) is 4.34. The molecule has 0 radical (unpaired) electrons. The number of hydrogen-bond acceptors (Lipinski definition) is 5. The molecule has 0 amide bonds. The molecule has 3 aromatic carbocycles. The number of carboxylic acid groups (broad SMARTS) is 1. The maximum atomic E-state index is 11.3. The Labute approximate surface area is 179 Å². The van der Waals surface area contributed by atoms with Gasteiger partial charge in [-0.15, -0.1) is 22.9 Å². The van der Waals surface area contributed by atoms with Crippen LogP contribution in [-0.4, -0.2) is 53.9 Å². The standard InChI is InChI=1S/C18H14N2O3S.Ca.2H/c1-10-6-7-14(15(24)8-10)19-20-16-12-5-3-2-4-11(12)9-13(17(16)21)18(22)23;;;/h2-9,21,24H,1H3,(H,22,23);;;. The van der Waals surface area contributed by atoms with E-state index in [0.717, 1.165) is 5.56 Å². The van der Waals surface area contributed by atoms with Gasteiger partial charge < -0.3 is 10.2 Å². The van der Waals surface area contributed by atoms with Crippen LogP contribution in [0.15, 0.2) is 63.7 Å². The summed E-state index contributed by atoms with van der Waals surface area (Å²) in [7, 11) is 0. The van der Waals surface area contributed by atoms with E-state index in [4.69, 9.17) is 0 Å². The molecule has 7 heteroatoms. The first-order chi connectivity index (χ1) is 11.5. The van der Waals surface area contributed by atoms with Gasteiger partial charge in [-0.3, -0.25) is 0 Å². The van der Waals surface area contributed by atoms with Gasteiger partial charge in [0.05, 0.1) is 5.69 Å². The van der Waals surface area contributed by atoms with Crippen LogP contribution in [-0.2, 0) is 0 Å². The summed E-state index contributed by atoms with van der Waals surface area (Å²) in [6, 6.07) is 14.0. The van der Waals surface area contributed by atoms with Gasteiger partial charge >= 0.3 is 43.7 Å². The molecule has 3 rings (SSSR count). The summed E-state index contributed by atoms with van der Waals surface area (Å²) in [6.07, 6.45) is 0. The SMILES string of the molecule is Cc1ccc(N=Nc2c(O)c(C(=O)O)cc3ccccc23)c(S)c1.[CaH2]. The Morgan fingerprint density at radius 3 is 2.48 bits per heavy atom. The fourth-order valence-corrected chi connectivity index (χ4v) is 2.73. The van der Waals surface area contributed by atoms with Crippen molar-refractivity contribution in [2.24, 2.45) is 10.2 Å². The molecule has 0 heterocycles. The van der Waals surface area contributed by atoms with E-state index in [1.165, 1.54) is 6.07 Å². The van der Waals surface area contributed by atoms with Gasteiger partial charge in [-0.2, -0.15) is 0 Å². The van der Waals surface area contributed by atoms with Crippen LogP contribution < -0.4 is 0 Å². The summed E-state index contributed by atoms with van der Waals surface area (Å²) >= 11 is 4.36. The summed E-state index contributed by atoms with van der Waals surface area (Å²) in [5.74, 6) is -1.63. The van der Waals surface area contributed by atoms with Crippen LogP contribution >= 0.6 is 12.6 Å². The van der Waals surface area contributed by atoms with Gasteiger partial charge in [0.1, 0.15) is 11.3 Å². The summed E-state index contributed by atoms with van der Waals surface area (Å²) in [5, 5.41) is 29.1. The number of nitrogens with zero attached hydrogens (tertiary/aromatic N) is 2. The van der Waals surface area contributed by atoms with E-state index in [1.54, 1.807) is 30.3 Å². The van der Waals surface area contributed by atoms with Gasteiger partial charge in [0.2, 0.25) is 0 Å². The zero-order valence-corrected chi connectivity index (χ0v) is 13.7. The number of carboxylic acids is 1. The number of benzene rings is 3. The van der Waals surface area contributed by atoms with E-state index in [2.05, 4.69) is 22.9 Å². The normalized spacial score (nSPS) is 10.8. The molecule has 2 N–H and O–H groups in total. The van der Waals surface area contributed by atoms with Crippen molar-refractivity contribution in [3.63, 3.8) is 0 Å². The minimum absolute atomic E-state index is 0. The summed E-state index contributed by atoms with van der Waals surface area (Å²) in [4.78, 5) is 12.0. The molecule has 0 aliphatic heterocycles. The molecule has 0 bridgehead atoms. The van der Waals surface area contributed by atoms with E-state index < -0.39 is 11.7 Å². The minimum atomic E-state index is -1.22. The molecule has 25 heavy (non-hydrogen) atoms. The number of rotatable bonds is 3. The number of azo groups is 1. The molecule has 0 atom stereocenters. The van der Waals surface area contributed by atoms with Gasteiger partial charge in [0.15, 0.2) is 5.75 Å². The number of aromatic carboxylic acids is 1. The molecule has 0 fully saturated rings. The average Bonchev–Trinajstić information content (AvgIpc) is 2.55. The third-order valence-corrected chi connectivity index (χ3v) is 3.97. The third kappa shape index (κ3) is 4.15. The summed E-state index contributed by atoms with van der Waals surface area (Å²) in [6.45, 7) is 1.94. The molecular weight excluding hydrogens is 364 g/mol. The second-order valence-corrected chi connectivity index (χ2v) is 5.82. The van der Waals surface area contributed by atoms with Crippen LogP contribution in [0.4, 0.5) is 11.4 Å². The van der Waals surface area contributed by atoms with E-state index in [1.807, 2.05) is 19.1 Å². The quantitative estimate of drug-likeness (QED) is 0.359. The molecule has 0 saturated carbocycles. The maximum absolute atomic E-state index is 11.3. The zero-order chi connectivity index (χ0) is 17.3. The van der Waals surface area contributed by atoms with Gasteiger partial charge in [-0.25, -0.2) is 4.79 Å². The molecule has 3 aromatic rings. The molecule has 124 valence electrons. The monoisotopic (exact) mass is 380 g/mol. The predicted molar refractivity (Wildman–Crippen MR) is 104 cm³/mol. The van der Waals surface area contributed by atoms with Crippen molar-refractivity contribution in [3.8, 4) is 5.75 Å². The average molecular weight is 380 g/mol. The van der Waals surface area contributed by atoms with Crippen molar-refractivity contribution in [1.82, 2.24) is 0 Å². The van der Waals surface area contributed by atoms with Crippen molar-refractivity contribution in [1.29, 1.82) is 0 Å². The number of aryl methyl sites for hydroxylation is 1. The van der Waals surface area contributed by atoms with E-state index >= 15 is 0 Å². The molecular formula is C18H16CaN2O3S. The molecule has 0 aliphatic rings. The van der Waals surface area contributed by atoms with Gasteiger partial charge in [0.25, 0.3) is 0 Å². The van der Waals surface area contributed by atoms with Crippen molar-refractivity contribution in [2.75, 3.05) is 0 Å². The second-order valence-electron chi connectivity index (χ2n) is 5.34. The molecule has 0 aromatic heterocycles. The Morgan fingerprint density at radius 2 is 1.80 bits per heavy atom. The fraction of sp³-hybridized carbons (Fsp3) is 0.0556. The van der Waals surface area contributed by atoms with Crippen LogP contribution in [0.3, 0.4) is 0 Å². The van der Waals surface area contributed by atoms with E-state index in [-0.39, 0.29) is 49.0 Å². The number of carbonyl (C=O) groups is 1. The fourth-order valence-electron chi connectivity index (χ4n) is 2.40. The zero-order valence-electron chi connectivity index (χ0n) is 12.8. The third-order valence-electron chi connectivity index (χ3n) is 3.61. The number of thiol groups is 1. The Morgan fingerprint density at radius 1 is 1.08 bits per heavy atom. The van der Waals surface area contributed by atoms with Gasteiger partial charge in [-0.1, -0.05) is 30.3 Å². The number of phenols is 1. The Hall–Kier alpha value is -1.60. The summed E-state index contributed by atoms with van der Waals surface area (Å²) < 4.78 is 0. The molecule has 0 saturated heterocycles. The molecule has 0 spiro atoms. The number of aromatic hydroxyl groups is 1. The first-order valence-corrected chi connectivity index (χ1v) is 7.61. The first-order valence-electron chi connectivity index (χ1n) is 7.16. The van der Waals surface area contributed by atoms with E-state index in [0.29, 0.717) is 21.4 Å². The Balaban J connectivity index is 0.00000225.